The normalized spacial score (nSPS) is 17.0. The van der Waals surface area contributed by atoms with Crippen LogP contribution in [-0.4, -0.2) is 22.0 Å². The van der Waals surface area contributed by atoms with Gasteiger partial charge in [0.15, 0.2) is 0 Å². The Morgan fingerprint density at radius 2 is 2.00 bits per heavy atom. The molecule has 1 amide bonds. The number of hydrogen-bond donors (Lipinski definition) is 0. The van der Waals surface area contributed by atoms with Gasteiger partial charge in [0.2, 0.25) is 0 Å². The Morgan fingerprint density at radius 1 is 1.38 bits per heavy atom. The van der Waals surface area contributed by atoms with Crippen LogP contribution in [0.15, 0.2) is 36.4 Å². The Kier molecular flexibility index (Phi) is 4.35. The molecule has 0 atom stereocenters. The summed E-state index contributed by atoms with van der Waals surface area (Å²) in [6.45, 7) is 3.61. The second-order valence-electron chi connectivity index (χ2n) is 5.09. The monoisotopic (exact) mass is 292 g/mol. The zero-order chi connectivity index (χ0) is 15.5. The smallest absolute Gasteiger partial charge is 0.265 e. The van der Waals surface area contributed by atoms with Crippen molar-refractivity contribution in [2.45, 2.75) is 26.2 Å². The van der Waals surface area contributed by atoms with Crippen molar-refractivity contribution in [3.8, 4) is 0 Å². The van der Waals surface area contributed by atoms with Gasteiger partial charge in [-0.3, -0.25) is 14.9 Å². The van der Waals surface area contributed by atoms with E-state index in [2.05, 4.69) is 0 Å². The largest absolute Gasteiger partial charge is 0.486 e. The number of nitro groups is 1. The van der Waals surface area contributed by atoms with E-state index >= 15 is 0 Å². The van der Waals surface area contributed by atoms with E-state index in [0.717, 1.165) is 5.56 Å². The Hall–Kier alpha value is -2.25. The van der Waals surface area contributed by atoms with Crippen LogP contribution in [0.5, 0.6) is 0 Å². The maximum atomic E-state index is 11.8. The van der Waals surface area contributed by atoms with Crippen LogP contribution < -0.4 is 0 Å². The molecule has 0 radical (unpaired) electrons. The van der Waals surface area contributed by atoms with E-state index < -0.39 is 16.7 Å². The second-order valence-corrected chi connectivity index (χ2v) is 5.09. The first kappa shape index (κ1) is 15.1. The molecule has 1 aromatic carbocycles. The fourth-order valence-electron chi connectivity index (χ4n) is 1.88. The molecular formula is C14H16N2O5. The molecule has 0 unspecified atom stereocenters. The van der Waals surface area contributed by atoms with E-state index in [1.165, 1.54) is 6.08 Å². The number of hydroxylamine groups is 2. The van der Waals surface area contributed by atoms with Crippen molar-refractivity contribution in [1.29, 1.82) is 0 Å². The molecule has 1 heterocycles. The molecule has 1 fully saturated rings. The van der Waals surface area contributed by atoms with Gasteiger partial charge in [-0.2, -0.15) is 0 Å². The molecule has 2 rings (SSSR count). The lowest BCUT2D eigenvalue weighted by atomic mass is 10.1. The zero-order valence-electron chi connectivity index (χ0n) is 11.8. The number of amides is 1. The van der Waals surface area contributed by atoms with Crippen molar-refractivity contribution in [3.63, 3.8) is 0 Å². The first-order valence-electron chi connectivity index (χ1n) is 6.53. The maximum absolute atomic E-state index is 11.8. The van der Waals surface area contributed by atoms with Crippen molar-refractivity contribution < 1.29 is 19.4 Å². The molecule has 112 valence electrons. The molecule has 21 heavy (non-hydrogen) atoms. The van der Waals surface area contributed by atoms with Crippen LogP contribution in [-0.2, 0) is 14.5 Å². The molecule has 0 saturated carbocycles. The summed E-state index contributed by atoms with van der Waals surface area (Å²) in [5.74, 6) is -2.57. The maximum Gasteiger partial charge on any atom is 0.486 e. The van der Waals surface area contributed by atoms with Crippen molar-refractivity contribution in [3.05, 3.63) is 52.1 Å². The SMILES string of the molecule is CC(C)CC1([N+](=O)[O-])ON(C(=O)/C=C/c2ccccc2)O1. The van der Waals surface area contributed by atoms with Gasteiger partial charge in [0.05, 0.1) is 11.3 Å². The molecule has 0 N–H and O–H groups in total. The van der Waals surface area contributed by atoms with Crippen LogP contribution in [0.4, 0.5) is 0 Å². The Bertz CT molecular complexity index is 550. The molecule has 1 saturated heterocycles. The molecule has 1 aliphatic rings. The van der Waals surface area contributed by atoms with Crippen molar-refractivity contribution >= 4 is 12.0 Å². The van der Waals surface area contributed by atoms with Crippen molar-refractivity contribution in [2.24, 2.45) is 5.92 Å². The fourth-order valence-corrected chi connectivity index (χ4v) is 1.88. The Balaban J connectivity index is 1.95. The predicted molar refractivity (Wildman–Crippen MR) is 73.7 cm³/mol. The molecule has 0 spiro atoms. The summed E-state index contributed by atoms with van der Waals surface area (Å²) >= 11 is 0. The average Bonchev–Trinajstić information content (AvgIpc) is 2.40. The van der Waals surface area contributed by atoms with Gasteiger partial charge in [0, 0.05) is 6.08 Å². The van der Waals surface area contributed by atoms with Crippen LogP contribution in [0.3, 0.4) is 0 Å². The topological polar surface area (TPSA) is 81.9 Å². The lowest BCUT2D eigenvalue weighted by Gasteiger charge is -2.38. The van der Waals surface area contributed by atoms with Gasteiger partial charge in [-0.1, -0.05) is 49.4 Å². The number of carbonyl (C=O) groups is 1. The predicted octanol–water partition coefficient (Wildman–Crippen LogP) is 2.38. The minimum Gasteiger partial charge on any atom is -0.265 e. The standard InChI is InChI=1S/C14H16N2O5/c1-11(2)10-14(16(18)19)20-15(21-14)13(17)9-8-12-6-4-3-5-7-12/h3-9,11H,10H2,1-2H3/b9-8+. The van der Waals surface area contributed by atoms with Gasteiger partial charge in [0.1, 0.15) is 0 Å². The first-order valence-corrected chi connectivity index (χ1v) is 6.53. The first-order chi connectivity index (χ1) is 9.93. The van der Waals surface area contributed by atoms with E-state index in [1.807, 2.05) is 30.3 Å². The van der Waals surface area contributed by atoms with Gasteiger partial charge in [-0.25, -0.2) is 0 Å². The molecule has 7 nitrogen and oxygen atoms in total. The van der Waals surface area contributed by atoms with Crippen LogP contribution in [0.25, 0.3) is 6.08 Å². The molecule has 1 aliphatic heterocycles. The molecule has 1 aromatic rings. The highest BCUT2D eigenvalue weighted by Gasteiger charge is 2.61. The molecule has 0 aliphatic carbocycles. The van der Waals surface area contributed by atoms with E-state index in [0.29, 0.717) is 5.23 Å². The summed E-state index contributed by atoms with van der Waals surface area (Å²) < 4.78 is 0. The molecular weight excluding hydrogens is 276 g/mol. The summed E-state index contributed by atoms with van der Waals surface area (Å²) in [7, 11) is 0. The van der Waals surface area contributed by atoms with E-state index in [4.69, 9.17) is 9.68 Å². The highest BCUT2D eigenvalue weighted by Crippen LogP contribution is 2.34. The molecule has 0 bridgehead atoms. The zero-order valence-corrected chi connectivity index (χ0v) is 11.8. The molecule has 7 heteroatoms. The third-order valence-corrected chi connectivity index (χ3v) is 2.79. The van der Waals surface area contributed by atoms with Crippen LogP contribution >= 0.6 is 0 Å². The van der Waals surface area contributed by atoms with Crippen LogP contribution in [0.1, 0.15) is 25.8 Å². The Labute approximate surface area is 121 Å². The summed E-state index contributed by atoms with van der Waals surface area (Å²) in [6, 6.07) is 9.17. The number of hydrogen-bond acceptors (Lipinski definition) is 5. The van der Waals surface area contributed by atoms with E-state index in [-0.39, 0.29) is 12.3 Å². The van der Waals surface area contributed by atoms with Gasteiger partial charge in [-0.15, -0.1) is 9.68 Å². The quantitative estimate of drug-likeness (QED) is 0.473. The lowest BCUT2D eigenvalue weighted by molar-refractivity contribution is -0.820. The minimum atomic E-state index is -1.95. The number of rotatable bonds is 5. The van der Waals surface area contributed by atoms with Gasteiger partial charge in [-0.05, 0) is 17.6 Å². The lowest BCUT2D eigenvalue weighted by Crippen LogP contribution is -2.63. The van der Waals surface area contributed by atoms with E-state index in [9.17, 15) is 14.9 Å². The van der Waals surface area contributed by atoms with Crippen LogP contribution in [0.2, 0.25) is 0 Å². The summed E-state index contributed by atoms with van der Waals surface area (Å²) in [4.78, 5) is 32.0. The second kappa shape index (κ2) is 6.02. The van der Waals surface area contributed by atoms with Gasteiger partial charge < -0.3 is 0 Å². The van der Waals surface area contributed by atoms with Crippen LogP contribution in [0, 0.1) is 16.0 Å². The highest BCUT2D eigenvalue weighted by molar-refractivity contribution is 5.90. The fraction of sp³-hybridized carbons (Fsp3) is 0.357. The molecule has 0 aromatic heterocycles. The number of benzene rings is 1. The van der Waals surface area contributed by atoms with E-state index in [1.54, 1.807) is 19.9 Å². The Morgan fingerprint density at radius 3 is 2.52 bits per heavy atom. The summed E-state index contributed by atoms with van der Waals surface area (Å²) in [5.41, 5.74) is 0.828. The minimum absolute atomic E-state index is 0.00693. The average molecular weight is 292 g/mol. The van der Waals surface area contributed by atoms with Crippen molar-refractivity contribution in [2.75, 3.05) is 0 Å². The third-order valence-electron chi connectivity index (χ3n) is 2.79. The number of carbonyl (C=O) groups excluding carboxylic acids is 1. The van der Waals surface area contributed by atoms with Gasteiger partial charge >= 0.3 is 5.91 Å². The summed E-state index contributed by atoms with van der Waals surface area (Å²) in [6.07, 6.45) is 2.87. The van der Waals surface area contributed by atoms with Gasteiger partial charge in [0.25, 0.3) is 5.91 Å². The summed E-state index contributed by atoms with van der Waals surface area (Å²) in [5, 5.41) is 11.5. The highest BCUT2D eigenvalue weighted by atomic mass is 17.1. The van der Waals surface area contributed by atoms with Crippen molar-refractivity contribution in [1.82, 2.24) is 5.23 Å². The third kappa shape index (κ3) is 3.45. The number of nitrogens with zero attached hydrogens (tertiary/aromatic N) is 2.